The van der Waals surface area contributed by atoms with Gasteiger partial charge >= 0.3 is 12.1 Å². The average molecular weight is 574 g/mol. The summed E-state index contributed by atoms with van der Waals surface area (Å²) >= 11 is 0. The third-order valence-corrected chi connectivity index (χ3v) is 10.5. The van der Waals surface area contributed by atoms with Crippen molar-refractivity contribution in [2.75, 3.05) is 40.3 Å². The Kier molecular flexibility index (Phi) is 6.40. The summed E-state index contributed by atoms with van der Waals surface area (Å²) in [6.07, 6.45) is 7.04. The van der Waals surface area contributed by atoms with Gasteiger partial charge < -0.3 is 16.4 Å². The first-order valence-electron chi connectivity index (χ1n) is 14.7. The van der Waals surface area contributed by atoms with Crippen molar-refractivity contribution < 1.29 is 28.4 Å². The molecule has 4 N–H and O–H groups in total. The van der Waals surface area contributed by atoms with Crippen LogP contribution in [0.4, 0.5) is 14.0 Å². The predicted octanol–water partition coefficient (Wildman–Crippen LogP) is 1.11. The van der Waals surface area contributed by atoms with Gasteiger partial charge in [0.1, 0.15) is 16.9 Å². The van der Waals surface area contributed by atoms with Crippen LogP contribution < -0.4 is 11.5 Å². The summed E-state index contributed by atoms with van der Waals surface area (Å²) in [5.41, 5.74) is 8.36. The summed E-state index contributed by atoms with van der Waals surface area (Å²) in [7, 11) is 3.27. The number of nitrogens with two attached hydrogens (primary N) is 2. The highest BCUT2D eigenvalue weighted by Gasteiger charge is 2.69. The Bertz CT molecular complexity index is 1220. The van der Waals surface area contributed by atoms with Gasteiger partial charge in [-0.1, -0.05) is 12.8 Å². The molecule has 3 saturated heterocycles. The molecule has 3 heterocycles. The van der Waals surface area contributed by atoms with Crippen molar-refractivity contribution in [1.29, 1.82) is 0 Å². The summed E-state index contributed by atoms with van der Waals surface area (Å²) in [5, 5.41) is 0. The number of likely N-dealkylation sites (N-methyl/N-ethyl adjacent to an activating group) is 1. The van der Waals surface area contributed by atoms with Gasteiger partial charge in [-0.15, -0.1) is 0 Å². The van der Waals surface area contributed by atoms with Gasteiger partial charge in [-0.2, -0.15) is 0 Å². The topological polar surface area (TPSA) is 154 Å². The van der Waals surface area contributed by atoms with Crippen LogP contribution in [0.1, 0.15) is 64.2 Å². The lowest BCUT2D eigenvalue weighted by Gasteiger charge is -2.60. The Balaban J connectivity index is 1.16. The molecule has 0 aromatic heterocycles. The molecule has 6 aliphatic rings. The van der Waals surface area contributed by atoms with Crippen LogP contribution in [0.3, 0.4) is 0 Å². The molecule has 0 bridgehead atoms. The maximum absolute atomic E-state index is 15.3. The molecule has 0 atom stereocenters. The highest BCUT2D eigenvalue weighted by molar-refractivity contribution is 6.29. The molecule has 3 aliphatic carbocycles. The van der Waals surface area contributed by atoms with Gasteiger partial charge in [0.2, 0.25) is 0 Å². The number of barbiturate groups is 1. The van der Waals surface area contributed by atoms with Gasteiger partial charge in [0.05, 0.1) is 6.54 Å². The standard InChI is InChI=1S/C28H40FN7O5/c1-32-14-27(29,15-32)16-35-24(40)33(2)23(39)28(35)12-26(13-28)9-7-18(8-10-26)36-22(38)19(20(30)31)21(37)34(25(36)41)11-17-5-3-4-6-17/h17-18H,3-16,30-31H2,1-2H3. The van der Waals surface area contributed by atoms with E-state index in [2.05, 4.69) is 0 Å². The van der Waals surface area contributed by atoms with E-state index in [0.717, 1.165) is 40.4 Å². The average Bonchev–Trinajstić information content (AvgIpc) is 3.45. The number of hydrogen-bond donors (Lipinski definition) is 2. The van der Waals surface area contributed by atoms with Crippen molar-refractivity contribution in [2.45, 2.75) is 81.5 Å². The van der Waals surface area contributed by atoms with Crippen LogP contribution in [0.2, 0.25) is 0 Å². The van der Waals surface area contributed by atoms with Gasteiger partial charge in [0.25, 0.3) is 17.7 Å². The molecule has 3 saturated carbocycles. The number of imide groups is 3. The monoisotopic (exact) mass is 573 g/mol. The van der Waals surface area contributed by atoms with Gasteiger partial charge in [-0.05, 0) is 69.7 Å². The summed E-state index contributed by atoms with van der Waals surface area (Å²) in [4.78, 5) is 73.0. The normalized spacial score (nSPS) is 34.4. The van der Waals surface area contributed by atoms with Crippen LogP contribution in [0.25, 0.3) is 0 Å². The maximum Gasteiger partial charge on any atom is 0.334 e. The molecule has 0 aromatic rings. The fraction of sp³-hybridized carbons (Fsp3) is 0.750. The van der Waals surface area contributed by atoms with E-state index >= 15 is 4.39 Å². The first-order valence-corrected chi connectivity index (χ1v) is 14.7. The highest BCUT2D eigenvalue weighted by atomic mass is 19.1. The summed E-state index contributed by atoms with van der Waals surface area (Å²) in [6, 6.07) is -1.52. The molecule has 0 radical (unpaired) electrons. The fourth-order valence-corrected chi connectivity index (χ4v) is 8.59. The minimum atomic E-state index is -1.53. The molecule has 6 fully saturated rings. The fourth-order valence-electron chi connectivity index (χ4n) is 8.59. The Morgan fingerprint density at radius 2 is 1.51 bits per heavy atom. The molecule has 2 spiro atoms. The molecule has 12 nitrogen and oxygen atoms in total. The second-order valence-electron chi connectivity index (χ2n) is 13.5. The smallest absolute Gasteiger partial charge is 0.334 e. The van der Waals surface area contributed by atoms with Crippen molar-refractivity contribution in [3.63, 3.8) is 0 Å². The number of hydrogen-bond acceptors (Lipinski definition) is 8. The third-order valence-electron chi connectivity index (χ3n) is 10.5. The zero-order valence-electron chi connectivity index (χ0n) is 23.9. The van der Waals surface area contributed by atoms with E-state index in [1.54, 1.807) is 0 Å². The predicted molar refractivity (Wildman–Crippen MR) is 144 cm³/mol. The molecule has 3 aliphatic heterocycles. The van der Waals surface area contributed by atoms with Crippen LogP contribution in [0, 0.1) is 11.3 Å². The zero-order valence-corrected chi connectivity index (χ0v) is 23.9. The van der Waals surface area contributed by atoms with E-state index in [0.29, 0.717) is 38.5 Å². The number of amides is 7. The third kappa shape index (κ3) is 4.21. The lowest BCUT2D eigenvalue weighted by atomic mass is 9.51. The highest BCUT2D eigenvalue weighted by Crippen LogP contribution is 2.61. The van der Waals surface area contributed by atoms with Crippen LogP contribution in [0.15, 0.2) is 11.4 Å². The second-order valence-corrected chi connectivity index (χ2v) is 13.5. The zero-order chi connectivity index (χ0) is 29.5. The van der Waals surface area contributed by atoms with E-state index in [1.807, 2.05) is 11.9 Å². The van der Waals surface area contributed by atoms with E-state index in [4.69, 9.17) is 11.5 Å². The van der Waals surface area contributed by atoms with Crippen molar-refractivity contribution in [3.8, 4) is 0 Å². The quantitative estimate of drug-likeness (QED) is 0.282. The lowest BCUT2D eigenvalue weighted by Crippen LogP contribution is -2.69. The van der Waals surface area contributed by atoms with Crippen molar-refractivity contribution in [3.05, 3.63) is 11.4 Å². The molecule has 224 valence electrons. The molecule has 0 unspecified atom stereocenters. The first-order chi connectivity index (χ1) is 19.3. The summed E-state index contributed by atoms with van der Waals surface area (Å²) in [6.45, 7) is 0.573. The maximum atomic E-state index is 15.3. The van der Waals surface area contributed by atoms with E-state index in [9.17, 15) is 24.0 Å². The van der Waals surface area contributed by atoms with Gasteiger partial charge in [0, 0.05) is 32.7 Å². The van der Waals surface area contributed by atoms with Crippen molar-refractivity contribution >= 4 is 29.8 Å². The van der Waals surface area contributed by atoms with E-state index in [-0.39, 0.29) is 54.8 Å². The summed E-state index contributed by atoms with van der Waals surface area (Å²) < 4.78 is 15.3. The summed E-state index contributed by atoms with van der Waals surface area (Å²) in [5.74, 6) is -1.97. The van der Waals surface area contributed by atoms with Gasteiger partial charge in [0.15, 0.2) is 5.67 Å². The Hall–Kier alpha value is -3.22. The minimum absolute atomic E-state index is 0.109. The van der Waals surface area contributed by atoms with E-state index in [1.165, 1.54) is 11.9 Å². The number of rotatable bonds is 5. The van der Waals surface area contributed by atoms with Crippen molar-refractivity contribution in [1.82, 2.24) is 24.5 Å². The van der Waals surface area contributed by atoms with E-state index < -0.39 is 41.1 Å². The SMILES string of the molecule is CN1CC(F)(CN2C(=O)N(C)C(=O)C23CC2(CCC(N4C(=O)C(=C(N)N)C(=O)N(CC5CCCC5)C4=O)CC2)C3)C1. The Morgan fingerprint density at radius 3 is 2.07 bits per heavy atom. The van der Waals surface area contributed by atoms with Gasteiger partial charge in [-0.3, -0.25) is 34.0 Å². The Morgan fingerprint density at radius 1 is 0.902 bits per heavy atom. The number of carbonyl (C=O) groups is 5. The van der Waals surface area contributed by atoms with Gasteiger partial charge in [-0.25, -0.2) is 14.0 Å². The minimum Gasteiger partial charge on any atom is -0.385 e. The number of likely N-dealkylation sites (tertiary alicyclic amines) is 1. The molecule has 41 heavy (non-hydrogen) atoms. The van der Waals surface area contributed by atoms with Crippen LogP contribution >= 0.6 is 0 Å². The number of urea groups is 2. The number of halogens is 1. The van der Waals surface area contributed by atoms with Crippen LogP contribution in [-0.4, -0.2) is 112 Å². The number of carbonyl (C=O) groups excluding carboxylic acids is 5. The van der Waals surface area contributed by atoms with Crippen LogP contribution in [-0.2, 0) is 14.4 Å². The lowest BCUT2D eigenvalue weighted by molar-refractivity contribution is -0.154. The number of nitrogens with zero attached hydrogens (tertiary/aromatic N) is 5. The molecule has 6 rings (SSSR count). The second kappa shape index (κ2) is 9.40. The number of alkyl halides is 1. The molecular formula is C28H40FN7O5. The molecule has 13 heteroatoms. The molecule has 7 amide bonds. The molecular weight excluding hydrogens is 533 g/mol. The Labute approximate surface area is 238 Å². The first kappa shape index (κ1) is 27.9. The molecule has 0 aromatic carbocycles. The largest absolute Gasteiger partial charge is 0.385 e. The van der Waals surface area contributed by atoms with Crippen molar-refractivity contribution in [2.24, 2.45) is 22.8 Å². The van der Waals surface area contributed by atoms with Crippen LogP contribution in [0.5, 0.6) is 0 Å².